The number of hydrogen-bond acceptors (Lipinski definition) is 4. The first-order valence-corrected chi connectivity index (χ1v) is 7.24. The monoisotopic (exact) mass is 360 g/mol. The number of rotatable bonds is 5. The Balaban J connectivity index is 2.25. The van der Waals surface area contributed by atoms with Crippen LogP contribution < -0.4 is 5.32 Å². The lowest BCUT2D eigenvalue weighted by molar-refractivity contribution is -0.383. The maximum absolute atomic E-state index is 12.1. The molecule has 1 N–H and O–H groups in total. The molecule has 2 rings (SSSR count). The van der Waals surface area contributed by atoms with Crippen molar-refractivity contribution in [2.24, 2.45) is 0 Å². The van der Waals surface area contributed by atoms with E-state index in [0.717, 1.165) is 4.47 Å². The Kier molecular flexibility index (Phi) is 5.06. The second-order valence-electron chi connectivity index (χ2n) is 4.49. The van der Waals surface area contributed by atoms with Crippen LogP contribution in [0.1, 0.15) is 15.9 Å². The van der Waals surface area contributed by atoms with Gasteiger partial charge in [0, 0.05) is 23.2 Å². The van der Waals surface area contributed by atoms with Gasteiger partial charge in [0.1, 0.15) is 5.69 Å². The first kappa shape index (κ1) is 15.9. The van der Waals surface area contributed by atoms with Gasteiger partial charge in [0.05, 0.1) is 4.92 Å². The van der Waals surface area contributed by atoms with E-state index in [1.165, 1.54) is 12.1 Å². The Bertz CT molecular complexity index is 757. The summed E-state index contributed by atoms with van der Waals surface area (Å²) in [5.41, 5.74) is 1.54. The number of benzene rings is 2. The predicted molar refractivity (Wildman–Crippen MR) is 90.1 cm³/mol. The third kappa shape index (κ3) is 3.79. The van der Waals surface area contributed by atoms with Crippen molar-refractivity contribution in [3.8, 4) is 0 Å². The first-order valence-electron chi connectivity index (χ1n) is 6.45. The molecule has 0 atom stereocenters. The number of nitrogens with zero attached hydrogens (tertiary/aromatic N) is 1. The fraction of sp³-hybridized carbons (Fsp3) is 0.0625. The molecule has 0 fully saturated rings. The molecule has 22 heavy (non-hydrogen) atoms. The van der Waals surface area contributed by atoms with Crippen LogP contribution in [-0.4, -0.2) is 17.8 Å². The molecule has 0 radical (unpaired) electrons. The molecule has 0 aliphatic heterocycles. The van der Waals surface area contributed by atoms with Gasteiger partial charge in [-0.3, -0.25) is 14.9 Å². The van der Waals surface area contributed by atoms with Crippen molar-refractivity contribution in [3.63, 3.8) is 0 Å². The molecular formula is C16H13BrN2O3. The molecule has 0 aliphatic carbocycles. The van der Waals surface area contributed by atoms with E-state index < -0.39 is 4.92 Å². The lowest BCUT2D eigenvalue weighted by Crippen LogP contribution is -1.97. The van der Waals surface area contributed by atoms with Gasteiger partial charge < -0.3 is 5.32 Å². The Labute approximate surface area is 135 Å². The molecule has 0 spiro atoms. The molecule has 6 heteroatoms. The maximum Gasteiger partial charge on any atom is 0.292 e. The zero-order chi connectivity index (χ0) is 16.1. The Morgan fingerprint density at radius 2 is 2.05 bits per heavy atom. The van der Waals surface area contributed by atoms with E-state index >= 15 is 0 Å². The Morgan fingerprint density at radius 3 is 2.68 bits per heavy atom. The average molecular weight is 361 g/mol. The number of halogens is 1. The van der Waals surface area contributed by atoms with E-state index in [-0.39, 0.29) is 11.5 Å². The molecule has 0 saturated heterocycles. The van der Waals surface area contributed by atoms with E-state index in [0.29, 0.717) is 16.8 Å². The quantitative estimate of drug-likeness (QED) is 0.373. The smallest absolute Gasteiger partial charge is 0.292 e. The van der Waals surface area contributed by atoms with Crippen LogP contribution in [0.4, 0.5) is 11.4 Å². The molecular weight excluding hydrogens is 348 g/mol. The highest BCUT2D eigenvalue weighted by molar-refractivity contribution is 9.10. The summed E-state index contributed by atoms with van der Waals surface area (Å²) in [5, 5.41) is 13.8. The molecule has 0 aromatic heterocycles. The largest absolute Gasteiger partial charge is 0.383 e. The van der Waals surface area contributed by atoms with Gasteiger partial charge in [-0.2, -0.15) is 0 Å². The SMILES string of the molecule is CNc1ccc(/C=C/C(=O)c2cccc(Br)c2)cc1[N+](=O)[O-]. The molecule has 0 amide bonds. The third-order valence-corrected chi connectivity index (χ3v) is 3.52. The van der Waals surface area contributed by atoms with Crippen molar-refractivity contribution < 1.29 is 9.72 Å². The maximum atomic E-state index is 12.1. The molecule has 0 saturated carbocycles. The minimum Gasteiger partial charge on any atom is -0.383 e. The molecule has 5 nitrogen and oxygen atoms in total. The van der Waals surface area contributed by atoms with Crippen molar-refractivity contribution in [2.45, 2.75) is 0 Å². The fourth-order valence-corrected chi connectivity index (χ4v) is 2.32. The van der Waals surface area contributed by atoms with Gasteiger partial charge >= 0.3 is 0 Å². The summed E-state index contributed by atoms with van der Waals surface area (Å²) in [7, 11) is 1.62. The Hall–Kier alpha value is -2.47. The number of hydrogen-bond donors (Lipinski definition) is 1. The molecule has 112 valence electrons. The standard InChI is InChI=1S/C16H13BrN2O3/c1-18-14-7-5-11(9-15(14)19(21)22)6-8-16(20)12-3-2-4-13(17)10-12/h2-10,18H,1H3/b8-6+. The van der Waals surface area contributed by atoms with Gasteiger partial charge in [-0.1, -0.05) is 40.2 Å². The van der Waals surface area contributed by atoms with E-state index in [1.54, 1.807) is 43.5 Å². The topological polar surface area (TPSA) is 72.2 Å². The van der Waals surface area contributed by atoms with Crippen LogP contribution >= 0.6 is 15.9 Å². The third-order valence-electron chi connectivity index (χ3n) is 3.02. The van der Waals surface area contributed by atoms with Crippen LogP contribution in [-0.2, 0) is 0 Å². The number of ketones is 1. The summed E-state index contributed by atoms with van der Waals surface area (Å²) < 4.78 is 0.820. The molecule has 2 aromatic carbocycles. The zero-order valence-electron chi connectivity index (χ0n) is 11.7. The molecule has 0 heterocycles. The molecule has 0 bridgehead atoms. The van der Waals surface area contributed by atoms with Crippen LogP contribution in [0.5, 0.6) is 0 Å². The molecule has 2 aromatic rings. The van der Waals surface area contributed by atoms with E-state index in [9.17, 15) is 14.9 Å². The lowest BCUT2D eigenvalue weighted by Gasteiger charge is -2.02. The fourth-order valence-electron chi connectivity index (χ4n) is 1.92. The van der Waals surface area contributed by atoms with E-state index in [2.05, 4.69) is 21.2 Å². The van der Waals surface area contributed by atoms with Crippen LogP contribution in [0.15, 0.2) is 53.0 Å². The minimum atomic E-state index is -0.459. The van der Waals surface area contributed by atoms with Gasteiger partial charge in [-0.25, -0.2) is 0 Å². The second kappa shape index (κ2) is 7.00. The highest BCUT2D eigenvalue weighted by Gasteiger charge is 2.12. The van der Waals surface area contributed by atoms with Crippen molar-refractivity contribution >= 4 is 39.2 Å². The number of anilines is 1. The van der Waals surface area contributed by atoms with Crippen LogP contribution in [0, 0.1) is 10.1 Å². The number of carbonyl (C=O) groups excluding carboxylic acids is 1. The summed E-state index contributed by atoms with van der Waals surface area (Å²) in [5.74, 6) is -0.165. The molecule has 0 unspecified atom stereocenters. The van der Waals surface area contributed by atoms with Crippen molar-refractivity contribution in [1.82, 2.24) is 0 Å². The van der Waals surface area contributed by atoms with Crippen molar-refractivity contribution in [3.05, 3.63) is 74.3 Å². The number of allylic oxidation sites excluding steroid dienone is 1. The van der Waals surface area contributed by atoms with Gasteiger partial charge in [-0.05, 0) is 29.8 Å². The summed E-state index contributed by atoms with van der Waals surface area (Å²) >= 11 is 3.31. The summed E-state index contributed by atoms with van der Waals surface area (Å²) in [4.78, 5) is 22.6. The summed E-state index contributed by atoms with van der Waals surface area (Å²) in [6, 6.07) is 11.8. The van der Waals surface area contributed by atoms with Crippen LogP contribution in [0.3, 0.4) is 0 Å². The summed E-state index contributed by atoms with van der Waals surface area (Å²) in [6.45, 7) is 0. The zero-order valence-corrected chi connectivity index (χ0v) is 13.3. The number of nitrogens with one attached hydrogen (secondary N) is 1. The van der Waals surface area contributed by atoms with Crippen molar-refractivity contribution in [2.75, 3.05) is 12.4 Å². The van der Waals surface area contributed by atoms with Gasteiger partial charge in [-0.15, -0.1) is 0 Å². The summed E-state index contributed by atoms with van der Waals surface area (Å²) in [6.07, 6.45) is 2.97. The highest BCUT2D eigenvalue weighted by Crippen LogP contribution is 2.25. The van der Waals surface area contributed by atoms with Gasteiger partial charge in [0.25, 0.3) is 5.69 Å². The van der Waals surface area contributed by atoms with E-state index in [1.807, 2.05) is 6.07 Å². The van der Waals surface area contributed by atoms with Gasteiger partial charge in [0.15, 0.2) is 5.78 Å². The van der Waals surface area contributed by atoms with E-state index in [4.69, 9.17) is 0 Å². The second-order valence-corrected chi connectivity index (χ2v) is 5.41. The number of nitro benzene ring substituents is 1. The Morgan fingerprint density at radius 1 is 1.27 bits per heavy atom. The average Bonchev–Trinajstić information content (AvgIpc) is 2.52. The van der Waals surface area contributed by atoms with Crippen LogP contribution in [0.25, 0.3) is 6.08 Å². The van der Waals surface area contributed by atoms with Crippen LogP contribution in [0.2, 0.25) is 0 Å². The number of carbonyl (C=O) groups is 1. The predicted octanol–water partition coefficient (Wildman–Crippen LogP) is 4.30. The minimum absolute atomic E-state index is 0.0282. The van der Waals surface area contributed by atoms with Crippen molar-refractivity contribution in [1.29, 1.82) is 0 Å². The normalized spacial score (nSPS) is 10.6. The number of nitro groups is 1. The lowest BCUT2D eigenvalue weighted by atomic mass is 10.1. The highest BCUT2D eigenvalue weighted by atomic mass is 79.9. The first-order chi connectivity index (χ1) is 10.5. The van der Waals surface area contributed by atoms with Gasteiger partial charge in [0.2, 0.25) is 0 Å². The molecule has 0 aliphatic rings.